The van der Waals surface area contributed by atoms with Gasteiger partial charge in [-0.3, -0.25) is 4.79 Å². The number of methoxy groups -OCH3 is 1. The van der Waals surface area contributed by atoms with E-state index in [2.05, 4.69) is 10.6 Å². The number of anilines is 1. The van der Waals surface area contributed by atoms with Crippen molar-refractivity contribution in [2.45, 2.75) is 6.54 Å². The fourth-order valence-corrected chi connectivity index (χ4v) is 1.80. The summed E-state index contributed by atoms with van der Waals surface area (Å²) in [7, 11) is 3.31. The molecule has 0 saturated heterocycles. The lowest BCUT2D eigenvalue weighted by Gasteiger charge is -2.21. The molecule has 7 nitrogen and oxygen atoms in total. The van der Waals surface area contributed by atoms with Gasteiger partial charge in [-0.15, -0.1) is 0 Å². The van der Waals surface area contributed by atoms with Crippen LogP contribution in [0.5, 0.6) is 0 Å². The highest BCUT2D eigenvalue weighted by Crippen LogP contribution is 2.15. The minimum atomic E-state index is -1.07. The average molecular weight is 295 g/mol. The highest BCUT2D eigenvalue weighted by atomic mass is 16.5. The van der Waals surface area contributed by atoms with Crippen LogP contribution < -0.4 is 10.6 Å². The maximum atomic E-state index is 12.2. The van der Waals surface area contributed by atoms with Crippen molar-refractivity contribution in [3.63, 3.8) is 0 Å². The van der Waals surface area contributed by atoms with E-state index < -0.39 is 12.0 Å². The summed E-state index contributed by atoms with van der Waals surface area (Å²) in [5.41, 5.74) is 1.58. The molecule has 0 aliphatic heterocycles. The molecule has 3 N–H and O–H groups in total. The van der Waals surface area contributed by atoms with Gasteiger partial charge in [0.05, 0.1) is 6.61 Å². The van der Waals surface area contributed by atoms with Crippen LogP contribution in [0.3, 0.4) is 0 Å². The first kappa shape index (κ1) is 16.9. The third-order valence-corrected chi connectivity index (χ3v) is 2.80. The van der Waals surface area contributed by atoms with E-state index in [1.807, 2.05) is 25.2 Å². The number of nitrogens with one attached hydrogen (secondary N) is 2. The van der Waals surface area contributed by atoms with Crippen LogP contribution in [0, 0.1) is 0 Å². The Balaban J connectivity index is 2.78. The summed E-state index contributed by atoms with van der Waals surface area (Å²) in [6.07, 6.45) is 0. The van der Waals surface area contributed by atoms with E-state index in [9.17, 15) is 9.59 Å². The molecule has 0 atom stereocenters. The minimum Gasteiger partial charge on any atom is -0.480 e. The number of amides is 2. The second-order valence-corrected chi connectivity index (χ2v) is 4.43. The van der Waals surface area contributed by atoms with E-state index in [4.69, 9.17) is 9.84 Å². The van der Waals surface area contributed by atoms with E-state index in [-0.39, 0.29) is 19.7 Å². The second-order valence-electron chi connectivity index (χ2n) is 4.43. The maximum Gasteiger partial charge on any atom is 0.323 e. The zero-order valence-electron chi connectivity index (χ0n) is 12.3. The van der Waals surface area contributed by atoms with Gasteiger partial charge >= 0.3 is 12.0 Å². The van der Waals surface area contributed by atoms with Crippen molar-refractivity contribution in [2.24, 2.45) is 0 Å². The second kappa shape index (κ2) is 8.93. The number of carboxylic acids is 1. The number of aliphatic carboxylic acids is 1. The lowest BCUT2D eigenvalue weighted by atomic mass is 10.2. The zero-order valence-corrected chi connectivity index (χ0v) is 12.3. The number of nitrogens with zero attached hydrogens (tertiary/aromatic N) is 1. The average Bonchev–Trinajstić information content (AvgIpc) is 2.45. The number of ether oxygens (including phenoxy) is 1. The van der Waals surface area contributed by atoms with Crippen molar-refractivity contribution in [1.82, 2.24) is 10.2 Å². The molecule has 21 heavy (non-hydrogen) atoms. The molecule has 7 heteroatoms. The highest BCUT2D eigenvalue weighted by Gasteiger charge is 2.17. The molecular weight excluding hydrogens is 274 g/mol. The van der Waals surface area contributed by atoms with E-state index in [1.165, 1.54) is 12.0 Å². The zero-order chi connectivity index (χ0) is 15.7. The molecule has 0 fully saturated rings. The lowest BCUT2D eigenvalue weighted by Crippen LogP contribution is -2.40. The third kappa shape index (κ3) is 5.80. The van der Waals surface area contributed by atoms with E-state index in [1.54, 1.807) is 6.07 Å². The van der Waals surface area contributed by atoms with E-state index in [0.717, 1.165) is 5.56 Å². The first-order valence-corrected chi connectivity index (χ1v) is 6.57. The van der Waals surface area contributed by atoms with Crippen molar-refractivity contribution >= 4 is 17.7 Å². The maximum absolute atomic E-state index is 12.2. The Morgan fingerprint density at radius 2 is 2.05 bits per heavy atom. The van der Waals surface area contributed by atoms with Crippen molar-refractivity contribution < 1.29 is 19.4 Å². The van der Waals surface area contributed by atoms with Crippen molar-refractivity contribution in [3.8, 4) is 0 Å². The number of para-hydroxylation sites is 1. The summed E-state index contributed by atoms with van der Waals surface area (Å²) in [4.78, 5) is 24.2. The predicted octanol–water partition coefficient (Wildman–Crippen LogP) is 0.971. The van der Waals surface area contributed by atoms with Gasteiger partial charge in [0, 0.05) is 25.9 Å². The normalized spacial score (nSPS) is 10.2. The van der Waals surface area contributed by atoms with Gasteiger partial charge in [0.2, 0.25) is 0 Å². The van der Waals surface area contributed by atoms with Gasteiger partial charge in [0.1, 0.15) is 6.54 Å². The highest BCUT2D eigenvalue weighted by molar-refractivity contribution is 5.92. The van der Waals surface area contributed by atoms with Crippen LogP contribution in [0.2, 0.25) is 0 Å². The van der Waals surface area contributed by atoms with Crippen LogP contribution in [0.1, 0.15) is 5.56 Å². The number of hydrogen-bond acceptors (Lipinski definition) is 4. The van der Waals surface area contributed by atoms with Crippen LogP contribution in [-0.2, 0) is 16.1 Å². The van der Waals surface area contributed by atoms with Crippen molar-refractivity contribution in [1.29, 1.82) is 0 Å². The van der Waals surface area contributed by atoms with Gasteiger partial charge in [0.15, 0.2) is 0 Å². The molecule has 0 saturated carbocycles. The summed E-state index contributed by atoms with van der Waals surface area (Å²) in [6.45, 7) is 0.721. The molecule has 116 valence electrons. The number of urea groups is 1. The van der Waals surface area contributed by atoms with Crippen LogP contribution in [0.15, 0.2) is 24.3 Å². The fourth-order valence-electron chi connectivity index (χ4n) is 1.80. The smallest absolute Gasteiger partial charge is 0.323 e. The Labute approximate surface area is 123 Å². The monoisotopic (exact) mass is 295 g/mol. The molecule has 0 aromatic heterocycles. The topological polar surface area (TPSA) is 90.9 Å². The SMILES string of the molecule is CNCc1ccccc1NC(=O)N(CCOC)CC(=O)O. The van der Waals surface area contributed by atoms with Crippen molar-refractivity contribution in [3.05, 3.63) is 29.8 Å². The molecule has 1 aromatic carbocycles. The van der Waals surface area contributed by atoms with Gasteiger partial charge in [0.25, 0.3) is 0 Å². The summed E-state index contributed by atoms with van der Waals surface area (Å²) in [5.74, 6) is -1.07. The molecule has 0 bridgehead atoms. The fraction of sp³-hybridized carbons (Fsp3) is 0.429. The Morgan fingerprint density at radius 1 is 1.33 bits per heavy atom. The van der Waals surface area contributed by atoms with Crippen LogP contribution in [-0.4, -0.2) is 55.9 Å². The van der Waals surface area contributed by atoms with Gasteiger partial charge in [-0.05, 0) is 18.7 Å². The van der Waals surface area contributed by atoms with Crippen LogP contribution in [0.25, 0.3) is 0 Å². The Bertz CT molecular complexity index is 479. The Kier molecular flexibility index (Phi) is 7.20. The molecule has 0 aliphatic rings. The van der Waals surface area contributed by atoms with Crippen LogP contribution >= 0.6 is 0 Å². The summed E-state index contributed by atoms with van der Waals surface area (Å²) in [5, 5.41) is 14.6. The lowest BCUT2D eigenvalue weighted by molar-refractivity contribution is -0.137. The summed E-state index contributed by atoms with van der Waals surface area (Å²) >= 11 is 0. The number of rotatable bonds is 8. The largest absolute Gasteiger partial charge is 0.480 e. The third-order valence-electron chi connectivity index (χ3n) is 2.80. The molecule has 1 aromatic rings. The number of carbonyl (C=O) groups is 2. The molecular formula is C14H21N3O4. The van der Waals surface area contributed by atoms with Gasteiger partial charge < -0.3 is 25.4 Å². The van der Waals surface area contributed by atoms with Gasteiger partial charge in [-0.2, -0.15) is 0 Å². The molecule has 0 spiro atoms. The molecule has 0 heterocycles. The number of carbonyl (C=O) groups excluding carboxylic acids is 1. The number of benzene rings is 1. The molecule has 1 rings (SSSR count). The Morgan fingerprint density at radius 3 is 2.67 bits per heavy atom. The summed E-state index contributed by atoms with van der Waals surface area (Å²) in [6, 6.07) is 6.90. The quantitative estimate of drug-likeness (QED) is 0.665. The Hall–Kier alpha value is -2.12. The first-order chi connectivity index (χ1) is 10.1. The van der Waals surface area contributed by atoms with Crippen LogP contribution in [0.4, 0.5) is 10.5 Å². The molecule has 0 aliphatic carbocycles. The van der Waals surface area contributed by atoms with E-state index >= 15 is 0 Å². The minimum absolute atomic E-state index is 0.211. The number of hydrogen-bond donors (Lipinski definition) is 3. The standard InChI is InChI=1S/C14H21N3O4/c1-15-9-11-5-3-4-6-12(11)16-14(20)17(7-8-21-2)10-13(18)19/h3-6,15H,7-10H2,1-2H3,(H,16,20)(H,18,19). The molecule has 0 unspecified atom stereocenters. The molecule has 2 amide bonds. The summed E-state index contributed by atoms with van der Waals surface area (Å²) < 4.78 is 4.89. The van der Waals surface area contributed by atoms with Crippen molar-refractivity contribution in [2.75, 3.05) is 39.2 Å². The first-order valence-electron chi connectivity index (χ1n) is 6.57. The van der Waals surface area contributed by atoms with E-state index in [0.29, 0.717) is 12.2 Å². The van der Waals surface area contributed by atoms with Gasteiger partial charge in [-0.1, -0.05) is 18.2 Å². The predicted molar refractivity (Wildman–Crippen MR) is 79.3 cm³/mol. The van der Waals surface area contributed by atoms with Gasteiger partial charge in [-0.25, -0.2) is 4.79 Å². The molecule has 0 radical (unpaired) electrons. The number of carboxylic acid groups (broad SMARTS) is 1.